The van der Waals surface area contributed by atoms with Crippen LogP contribution in [-0.4, -0.2) is 109 Å². The first kappa shape index (κ1) is 33.7. The number of carbonyl (C=O) groups is 3. The molecule has 17 heteroatoms. The number of β-amino-alcohol motifs (C(OH)–C–C–N with tert-alkyl or cyclic N) is 1. The Hall–Kier alpha value is -5.19. The number of amides is 2. The van der Waals surface area contributed by atoms with Crippen LogP contribution in [0.3, 0.4) is 0 Å². The lowest BCUT2D eigenvalue weighted by atomic mass is 10.1. The highest BCUT2D eigenvalue weighted by molar-refractivity contribution is 6.01. The quantitative estimate of drug-likeness (QED) is 0.144. The second kappa shape index (κ2) is 14.7. The lowest BCUT2D eigenvalue weighted by Gasteiger charge is -2.23. The Balaban J connectivity index is 1.44. The van der Waals surface area contributed by atoms with Crippen molar-refractivity contribution in [2.45, 2.75) is 37.8 Å². The van der Waals surface area contributed by atoms with E-state index in [2.05, 4.69) is 0 Å². The minimum Gasteiger partial charge on any atom is -0.493 e. The van der Waals surface area contributed by atoms with E-state index >= 15 is 0 Å². The van der Waals surface area contributed by atoms with Gasteiger partial charge in [-0.1, -0.05) is 0 Å². The molecule has 0 saturated carbocycles. The number of esters is 1. The summed E-state index contributed by atoms with van der Waals surface area (Å²) < 4.78 is 26.8. The third-order valence-electron chi connectivity index (χ3n) is 7.66. The number of rotatable bonds is 13. The van der Waals surface area contributed by atoms with Crippen molar-refractivity contribution in [1.82, 2.24) is 9.80 Å². The predicted molar refractivity (Wildman–Crippen MR) is 158 cm³/mol. The van der Waals surface area contributed by atoms with Crippen LogP contribution >= 0.6 is 0 Å². The first-order valence-corrected chi connectivity index (χ1v) is 14.3. The van der Waals surface area contributed by atoms with Gasteiger partial charge in [0.15, 0.2) is 23.0 Å². The van der Waals surface area contributed by atoms with E-state index in [1.165, 1.54) is 43.3 Å². The summed E-state index contributed by atoms with van der Waals surface area (Å²) in [4.78, 5) is 63.2. The fourth-order valence-electron chi connectivity index (χ4n) is 5.35. The molecule has 2 aromatic carbocycles. The van der Waals surface area contributed by atoms with Crippen LogP contribution in [0, 0.1) is 20.2 Å². The smallest absolute Gasteiger partial charge is 0.328 e. The maximum absolute atomic E-state index is 13.3. The number of nitro benzene ring substituents is 2. The Morgan fingerprint density at radius 1 is 0.826 bits per heavy atom. The normalized spacial score (nSPS) is 17.4. The number of aliphatic hydroxyl groups excluding tert-OH is 1. The summed E-state index contributed by atoms with van der Waals surface area (Å²) in [7, 11) is 3.82. The van der Waals surface area contributed by atoms with Crippen molar-refractivity contribution in [2.24, 2.45) is 0 Å². The number of aliphatic hydroxyl groups is 1. The highest BCUT2D eigenvalue weighted by Gasteiger charge is 2.38. The van der Waals surface area contributed by atoms with E-state index in [0.717, 1.165) is 12.1 Å². The Kier molecular flexibility index (Phi) is 10.8. The average Bonchev–Trinajstić information content (AvgIpc) is 3.72. The van der Waals surface area contributed by atoms with E-state index < -0.39 is 51.2 Å². The number of likely N-dealkylation sites (tertiary alicyclic amines) is 2. The second-order valence-corrected chi connectivity index (χ2v) is 10.5. The van der Waals surface area contributed by atoms with Gasteiger partial charge in [0.2, 0.25) is 0 Å². The molecule has 2 saturated heterocycles. The minimum absolute atomic E-state index is 0.00969. The van der Waals surface area contributed by atoms with E-state index in [1.807, 2.05) is 0 Å². The summed E-state index contributed by atoms with van der Waals surface area (Å²) in [5.74, 6) is -1.81. The number of carbonyl (C=O) groups excluding carboxylic acids is 3. The van der Waals surface area contributed by atoms with Gasteiger partial charge in [-0.05, 0) is 19.3 Å². The van der Waals surface area contributed by atoms with Gasteiger partial charge in [-0.2, -0.15) is 0 Å². The van der Waals surface area contributed by atoms with E-state index in [-0.39, 0.29) is 73.4 Å². The molecule has 0 aromatic heterocycles. The molecule has 2 atom stereocenters. The highest BCUT2D eigenvalue weighted by atomic mass is 16.6. The van der Waals surface area contributed by atoms with Crippen molar-refractivity contribution in [2.75, 3.05) is 54.2 Å². The third-order valence-corrected chi connectivity index (χ3v) is 7.66. The first-order valence-electron chi connectivity index (χ1n) is 14.3. The zero-order valence-electron chi connectivity index (χ0n) is 25.5. The van der Waals surface area contributed by atoms with Crippen LogP contribution in [0.1, 0.15) is 46.4 Å². The van der Waals surface area contributed by atoms with Crippen LogP contribution in [0.15, 0.2) is 24.3 Å². The fraction of sp³-hybridized carbons (Fsp3) is 0.483. The number of nitro groups is 2. The summed E-state index contributed by atoms with van der Waals surface area (Å²) in [5, 5.41) is 33.5. The van der Waals surface area contributed by atoms with Crippen molar-refractivity contribution in [1.29, 1.82) is 0 Å². The van der Waals surface area contributed by atoms with Crippen molar-refractivity contribution in [3.05, 3.63) is 55.6 Å². The van der Waals surface area contributed by atoms with Gasteiger partial charge < -0.3 is 38.6 Å². The molecule has 0 spiro atoms. The molecular formula is C29H34N4O13. The maximum Gasteiger partial charge on any atom is 0.328 e. The Morgan fingerprint density at radius 2 is 1.37 bits per heavy atom. The average molecular weight is 647 g/mol. The molecule has 248 valence electrons. The number of nitrogens with zero attached hydrogens (tertiary/aromatic N) is 4. The van der Waals surface area contributed by atoms with E-state index in [1.54, 1.807) is 0 Å². The predicted octanol–water partition coefficient (Wildman–Crippen LogP) is 2.35. The summed E-state index contributed by atoms with van der Waals surface area (Å²) >= 11 is 0. The number of hydrogen-bond acceptors (Lipinski definition) is 13. The molecule has 0 bridgehead atoms. The van der Waals surface area contributed by atoms with Crippen LogP contribution in [0.5, 0.6) is 23.0 Å². The van der Waals surface area contributed by atoms with Gasteiger partial charge in [-0.15, -0.1) is 0 Å². The van der Waals surface area contributed by atoms with Crippen LogP contribution in [0.25, 0.3) is 0 Å². The molecule has 2 unspecified atom stereocenters. The first-order chi connectivity index (χ1) is 22.0. The Labute approximate surface area is 262 Å². The SMILES string of the molecule is COC(=O)C1CCCN1C(=O)c1cc(OC)c(OCCCOc2cc([N+](=O)[O-])c(C(=O)N3CCC(O)C3)cc2OC)cc1[N+](=O)[O-]. The van der Waals surface area contributed by atoms with Crippen molar-refractivity contribution in [3.8, 4) is 23.0 Å². The van der Waals surface area contributed by atoms with Gasteiger partial charge >= 0.3 is 5.97 Å². The summed E-state index contributed by atoms with van der Waals surface area (Å²) in [6.07, 6.45) is 0.784. The van der Waals surface area contributed by atoms with E-state index in [9.17, 15) is 39.7 Å². The number of methoxy groups -OCH3 is 3. The van der Waals surface area contributed by atoms with Crippen LogP contribution in [0.4, 0.5) is 11.4 Å². The lowest BCUT2D eigenvalue weighted by molar-refractivity contribution is -0.385. The molecule has 2 aliphatic rings. The topological polar surface area (TPSA) is 210 Å². The van der Waals surface area contributed by atoms with Crippen LogP contribution < -0.4 is 18.9 Å². The van der Waals surface area contributed by atoms with Gasteiger partial charge in [0, 0.05) is 38.2 Å². The standard InChI is InChI=1S/C29H34N4O13/c1-42-23-12-18(27(35)30-9-7-17(34)16-30)21(32(38)39)14-25(23)45-10-5-11-46-26-15-22(33(40)41)19(13-24(26)43-2)28(36)31-8-4-6-20(31)29(37)44-3/h12-15,17,20,34H,4-11,16H2,1-3H3. The van der Waals surface area contributed by atoms with Crippen LogP contribution in [-0.2, 0) is 9.53 Å². The largest absolute Gasteiger partial charge is 0.493 e. The molecule has 17 nitrogen and oxygen atoms in total. The fourth-order valence-corrected chi connectivity index (χ4v) is 5.35. The summed E-state index contributed by atoms with van der Waals surface area (Å²) in [5.41, 5.74) is -1.50. The molecule has 0 aliphatic carbocycles. The van der Waals surface area contributed by atoms with Crippen molar-refractivity contribution in [3.63, 3.8) is 0 Å². The zero-order chi connectivity index (χ0) is 33.5. The molecule has 1 N–H and O–H groups in total. The number of hydrogen-bond donors (Lipinski definition) is 1. The van der Waals surface area contributed by atoms with Gasteiger partial charge in [0.25, 0.3) is 23.2 Å². The van der Waals surface area contributed by atoms with E-state index in [4.69, 9.17) is 23.7 Å². The Bertz CT molecular complexity index is 1510. The van der Waals surface area contributed by atoms with Crippen molar-refractivity contribution < 1.29 is 53.0 Å². The van der Waals surface area contributed by atoms with Gasteiger partial charge in [0.1, 0.15) is 17.2 Å². The molecule has 4 rings (SSSR count). The monoisotopic (exact) mass is 646 g/mol. The van der Waals surface area contributed by atoms with Gasteiger partial charge in [-0.25, -0.2) is 4.79 Å². The molecule has 0 radical (unpaired) electrons. The lowest BCUT2D eigenvalue weighted by Crippen LogP contribution is -2.41. The Morgan fingerprint density at radius 3 is 1.83 bits per heavy atom. The van der Waals surface area contributed by atoms with Crippen LogP contribution in [0.2, 0.25) is 0 Å². The molecule has 2 aliphatic heterocycles. The van der Waals surface area contributed by atoms with Gasteiger partial charge in [-0.3, -0.25) is 29.8 Å². The van der Waals surface area contributed by atoms with E-state index in [0.29, 0.717) is 19.3 Å². The molecular weight excluding hydrogens is 612 g/mol. The molecule has 2 amide bonds. The molecule has 2 fully saturated rings. The minimum atomic E-state index is -0.852. The van der Waals surface area contributed by atoms with Gasteiger partial charge in [0.05, 0.1) is 62.6 Å². The third kappa shape index (κ3) is 7.20. The number of benzene rings is 2. The number of ether oxygens (including phenoxy) is 5. The molecule has 2 heterocycles. The zero-order valence-corrected chi connectivity index (χ0v) is 25.5. The summed E-state index contributed by atoms with van der Waals surface area (Å²) in [6, 6.07) is 3.72. The van der Waals surface area contributed by atoms with Crippen molar-refractivity contribution >= 4 is 29.2 Å². The maximum atomic E-state index is 13.3. The molecule has 46 heavy (non-hydrogen) atoms. The second-order valence-electron chi connectivity index (χ2n) is 10.5. The molecule has 2 aromatic rings. The summed E-state index contributed by atoms with van der Waals surface area (Å²) in [6.45, 7) is 0.502. The highest BCUT2D eigenvalue weighted by Crippen LogP contribution is 2.38.